The molecule has 2 nitrogen and oxygen atoms in total. The summed E-state index contributed by atoms with van der Waals surface area (Å²) in [5.41, 5.74) is 2.48. The lowest BCUT2D eigenvalue weighted by Gasteiger charge is -2.25. The van der Waals surface area contributed by atoms with E-state index in [1.807, 2.05) is 13.0 Å². The minimum atomic E-state index is -4.46. The topological polar surface area (TPSA) is 16.1 Å². The third kappa shape index (κ3) is 5.57. The van der Waals surface area contributed by atoms with Gasteiger partial charge < -0.3 is 4.90 Å². The van der Waals surface area contributed by atoms with E-state index in [-0.39, 0.29) is 12.8 Å². The molecule has 1 aromatic carbocycles. The van der Waals surface area contributed by atoms with E-state index >= 15 is 0 Å². The first-order valence-corrected chi connectivity index (χ1v) is 9.40. The Balaban J connectivity index is 2.53. The second kappa shape index (κ2) is 9.71. The number of rotatable bonds is 9. The van der Waals surface area contributed by atoms with Crippen molar-refractivity contribution in [2.75, 3.05) is 24.7 Å². The number of anilines is 1. The van der Waals surface area contributed by atoms with E-state index < -0.39 is 18.4 Å². The smallest absolute Gasteiger partial charge is 0.366 e. The van der Waals surface area contributed by atoms with Crippen LogP contribution >= 0.6 is 0 Å². The maximum Gasteiger partial charge on any atom is 0.416 e. The molecule has 2 rings (SSSR count). The zero-order valence-electron chi connectivity index (χ0n) is 16.3. The highest BCUT2D eigenvalue weighted by atomic mass is 19.4. The Morgan fingerprint density at radius 2 is 1.89 bits per heavy atom. The Hall–Kier alpha value is -2.37. The molecule has 6 heteroatoms. The fourth-order valence-corrected chi connectivity index (χ4v) is 3.17. The third-order valence-electron chi connectivity index (χ3n) is 4.50. The van der Waals surface area contributed by atoms with Gasteiger partial charge in [-0.05, 0) is 55.5 Å². The molecule has 0 aliphatic heterocycles. The normalized spacial score (nSPS) is 11.5. The van der Waals surface area contributed by atoms with Crippen LogP contribution in [-0.2, 0) is 12.6 Å². The molecule has 0 unspecified atom stereocenters. The highest BCUT2D eigenvalue weighted by molar-refractivity contribution is 5.70. The molecule has 0 saturated carbocycles. The van der Waals surface area contributed by atoms with Crippen LogP contribution < -0.4 is 4.90 Å². The van der Waals surface area contributed by atoms with Gasteiger partial charge in [0.15, 0.2) is 0 Å². The molecule has 1 aromatic heterocycles. The van der Waals surface area contributed by atoms with Gasteiger partial charge in [0.1, 0.15) is 0 Å². The molecule has 2 aromatic rings. The molecule has 0 N–H and O–H groups in total. The number of aryl methyl sites for hydroxylation is 2. The molecule has 28 heavy (non-hydrogen) atoms. The van der Waals surface area contributed by atoms with Crippen LogP contribution in [0.5, 0.6) is 0 Å². The molecule has 152 valence electrons. The van der Waals surface area contributed by atoms with Crippen LogP contribution in [0.1, 0.15) is 36.6 Å². The van der Waals surface area contributed by atoms with Crippen LogP contribution in [0.15, 0.2) is 43.1 Å². The summed E-state index contributed by atoms with van der Waals surface area (Å²) < 4.78 is 52.6. The monoisotopic (exact) mass is 394 g/mol. The highest BCUT2D eigenvalue weighted by Gasteiger charge is 2.31. The predicted molar refractivity (Wildman–Crippen MR) is 106 cm³/mol. The predicted octanol–water partition coefficient (Wildman–Crippen LogP) is 6.38. The van der Waals surface area contributed by atoms with Crippen LogP contribution in [0, 0.1) is 6.92 Å². The summed E-state index contributed by atoms with van der Waals surface area (Å²) in [4.78, 5) is 6.51. The van der Waals surface area contributed by atoms with Crippen molar-refractivity contribution in [1.82, 2.24) is 4.98 Å². The second-order valence-electron chi connectivity index (χ2n) is 6.77. The largest absolute Gasteiger partial charge is 0.416 e. The summed E-state index contributed by atoms with van der Waals surface area (Å²) in [6, 6.07) is 5.80. The number of aromatic nitrogens is 1. The summed E-state index contributed by atoms with van der Waals surface area (Å²) in [5, 5.41) is 0. The minimum absolute atomic E-state index is 0.196. The van der Waals surface area contributed by atoms with Crippen LogP contribution in [0.4, 0.5) is 23.2 Å². The molecule has 0 aliphatic carbocycles. The van der Waals surface area contributed by atoms with E-state index in [4.69, 9.17) is 0 Å². The summed E-state index contributed by atoms with van der Waals surface area (Å²) in [6.45, 7) is 8.58. The molecule has 0 aliphatic rings. The molecule has 0 amide bonds. The van der Waals surface area contributed by atoms with Gasteiger partial charge in [0, 0.05) is 24.8 Å². The molecule has 0 radical (unpaired) electrons. The second-order valence-corrected chi connectivity index (χ2v) is 6.77. The zero-order valence-corrected chi connectivity index (χ0v) is 16.3. The average Bonchev–Trinajstić information content (AvgIpc) is 2.65. The van der Waals surface area contributed by atoms with Crippen molar-refractivity contribution >= 4 is 5.69 Å². The summed E-state index contributed by atoms with van der Waals surface area (Å²) in [6.07, 6.45) is 0.305. The number of benzene rings is 1. The minimum Gasteiger partial charge on any atom is -0.366 e. The van der Waals surface area contributed by atoms with E-state index in [1.54, 1.807) is 18.3 Å². The number of hydrogen-bond donors (Lipinski definition) is 0. The van der Waals surface area contributed by atoms with E-state index in [9.17, 15) is 17.6 Å². The molecule has 0 bridgehead atoms. The van der Waals surface area contributed by atoms with Gasteiger partial charge in [-0.2, -0.15) is 13.2 Å². The number of hydrogen-bond acceptors (Lipinski definition) is 2. The van der Waals surface area contributed by atoms with E-state index in [0.29, 0.717) is 23.2 Å². The Kier molecular flexibility index (Phi) is 7.61. The van der Waals surface area contributed by atoms with Crippen molar-refractivity contribution in [3.05, 3.63) is 59.9 Å². The Morgan fingerprint density at radius 3 is 2.50 bits per heavy atom. The lowest BCUT2D eigenvalue weighted by molar-refractivity contribution is -0.137. The number of halogens is 4. The summed E-state index contributed by atoms with van der Waals surface area (Å²) in [7, 11) is 0. The van der Waals surface area contributed by atoms with Crippen LogP contribution in [-0.4, -0.2) is 24.7 Å². The van der Waals surface area contributed by atoms with Gasteiger partial charge in [-0.25, -0.2) is 0 Å². The highest BCUT2D eigenvalue weighted by Crippen LogP contribution is 2.35. The van der Waals surface area contributed by atoms with Gasteiger partial charge in [-0.3, -0.25) is 9.37 Å². The first-order valence-electron chi connectivity index (χ1n) is 9.40. The fourth-order valence-electron chi connectivity index (χ4n) is 3.17. The van der Waals surface area contributed by atoms with E-state index in [1.165, 1.54) is 0 Å². The zero-order chi connectivity index (χ0) is 20.7. The van der Waals surface area contributed by atoms with Gasteiger partial charge >= 0.3 is 6.18 Å². The lowest BCUT2D eigenvalue weighted by atomic mass is 9.97. The summed E-state index contributed by atoms with van der Waals surface area (Å²) >= 11 is 0. The first kappa shape index (κ1) is 21.9. The van der Waals surface area contributed by atoms with Crippen LogP contribution in [0.3, 0.4) is 0 Å². The molecule has 0 spiro atoms. The van der Waals surface area contributed by atoms with Crippen LogP contribution in [0.2, 0.25) is 0 Å². The van der Waals surface area contributed by atoms with Crippen molar-refractivity contribution in [2.24, 2.45) is 0 Å². The Morgan fingerprint density at radius 1 is 1.14 bits per heavy atom. The van der Waals surface area contributed by atoms with Gasteiger partial charge in [-0.15, -0.1) is 6.58 Å². The molecule has 0 fully saturated rings. The lowest BCUT2D eigenvalue weighted by Crippen LogP contribution is -2.25. The van der Waals surface area contributed by atoms with E-state index in [0.717, 1.165) is 36.5 Å². The van der Waals surface area contributed by atoms with Crippen LogP contribution in [0.25, 0.3) is 11.1 Å². The molecule has 0 atom stereocenters. The third-order valence-corrected chi connectivity index (χ3v) is 4.50. The van der Waals surface area contributed by atoms with Gasteiger partial charge in [-0.1, -0.05) is 19.1 Å². The van der Waals surface area contributed by atoms with Crippen molar-refractivity contribution < 1.29 is 17.6 Å². The number of alkyl halides is 4. The summed E-state index contributed by atoms with van der Waals surface area (Å²) in [5.74, 6) is 0. The Labute approximate surface area is 163 Å². The molecular formula is C22H26F4N2. The molecule has 1 heterocycles. The van der Waals surface area contributed by atoms with Crippen molar-refractivity contribution in [1.29, 1.82) is 0 Å². The number of nitrogens with zero attached hydrogens (tertiary/aromatic N) is 2. The van der Waals surface area contributed by atoms with Gasteiger partial charge in [0.25, 0.3) is 0 Å². The van der Waals surface area contributed by atoms with Crippen molar-refractivity contribution in [2.45, 2.75) is 39.3 Å². The maximum atomic E-state index is 13.3. The molecule has 0 saturated heterocycles. The Bertz CT molecular complexity index is 800. The SMILES string of the molecule is C=CCN(CCC)c1cc(-c2cc(CCCF)cc(C(F)(F)F)c2)cnc1C. The van der Waals surface area contributed by atoms with Crippen molar-refractivity contribution in [3.63, 3.8) is 0 Å². The first-order chi connectivity index (χ1) is 13.3. The molecular weight excluding hydrogens is 368 g/mol. The fraction of sp³-hybridized carbons (Fsp3) is 0.409. The van der Waals surface area contributed by atoms with Crippen molar-refractivity contribution in [3.8, 4) is 11.1 Å². The average molecular weight is 394 g/mol. The maximum absolute atomic E-state index is 13.3. The number of pyridine rings is 1. The standard InChI is InChI=1S/C22H26F4N2/c1-4-9-28(10-5-2)21-14-19(15-27-16(21)3)18-11-17(7-6-8-23)12-20(13-18)22(24,25)26/h4,11-15H,1,5-10H2,2-3H3. The quantitative estimate of drug-likeness (QED) is 0.362. The van der Waals surface area contributed by atoms with E-state index in [2.05, 4.69) is 23.4 Å². The van der Waals surface area contributed by atoms with Gasteiger partial charge in [0.05, 0.1) is 23.6 Å². The van der Waals surface area contributed by atoms with Gasteiger partial charge in [0.2, 0.25) is 0 Å².